The van der Waals surface area contributed by atoms with Crippen molar-refractivity contribution < 1.29 is 9.90 Å². The molecule has 1 unspecified atom stereocenters. The normalized spacial score (nSPS) is 22.9. The Morgan fingerprint density at radius 1 is 1.67 bits per heavy atom. The second-order valence-electron chi connectivity index (χ2n) is 4.36. The first-order valence-corrected chi connectivity index (χ1v) is 5.42. The van der Waals surface area contributed by atoms with Gasteiger partial charge in [0.25, 0.3) is 0 Å². The maximum Gasteiger partial charge on any atom is 0.240 e. The molecule has 4 nitrogen and oxygen atoms in total. The molecule has 1 amide bonds. The number of aliphatic hydroxyl groups is 1. The van der Waals surface area contributed by atoms with E-state index in [-0.39, 0.29) is 24.5 Å². The lowest BCUT2D eigenvalue weighted by atomic mass is 9.96. The third-order valence-electron chi connectivity index (χ3n) is 2.94. The van der Waals surface area contributed by atoms with Crippen molar-refractivity contribution in [2.45, 2.75) is 32.7 Å². The van der Waals surface area contributed by atoms with Crippen LogP contribution in [0, 0.1) is 23.2 Å². The van der Waals surface area contributed by atoms with Gasteiger partial charge in [-0.1, -0.05) is 13.8 Å². The lowest BCUT2D eigenvalue weighted by Crippen LogP contribution is -2.42. The van der Waals surface area contributed by atoms with Gasteiger partial charge in [-0.3, -0.25) is 4.79 Å². The largest absolute Gasteiger partial charge is 0.394 e. The van der Waals surface area contributed by atoms with E-state index in [0.717, 1.165) is 12.8 Å². The summed E-state index contributed by atoms with van der Waals surface area (Å²) in [5.41, 5.74) is 0. The molecule has 84 valence electrons. The molecular weight excluding hydrogens is 192 g/mol. The van der Waals surface area contributed by atoms with Crippen LogP contribution in [-0.2, 0) is 4.79 Å². The van der Waals surface area contributed by atoms with E-state index < -0.39 is 5.92 Å². The topological polar surface area (TPSA) is 64.3 Å². The van der Waals surface area contributed by atoms with E-state index in [2.05, 4.69) is 0 Å². The van der Waals surface area contributed by atoms with Crippen molar-refractivity contribution >= 4 is 5.91 Å². The number of carbonyl (C=O) groups excluding carboxylic acids is 1. The summed E-state index contributed by atoms with van der Waals surface area (Å²) in [5, 5.41) is 18.0. The minimum absolute atomic E-state index is 0.00197. The van der Waals surface area contributed by atoms with E-state index >= 15 is 0 Å². The van der Waals surface area contributed by atoms with Gasteiger partial charge in [-0.05, 0) is 18.8 Å². The summed E-state index contributed by atoms with van der Waals surface area (Å²) < 4.78 is 0. The first-order valence-electron chi connectivity index (χ1n) is 5.42. The third kappa shape index (κ3) is 2.48. The lowest BCUT2D eigenvalue weighted by molar-refractivity contribution is -0.136. The van der Waals surface area contributed by atoms with E-state index in [9.17, 15) is 4.79 Å². The first-order chi connectivity index (χ1) is 7.11. The summed E-state index contributed by atoms with van der Waals surface area (Å²) in [6, 6.07) is 1.97. The Kier molecular flexibility index (Phi) is 4.10. The summed E-state index contributed by atoms with van der Waals surface area (Å²) in [6.07, 6.45) is 1.77. The van der Waals surface area contributed by atoms with E-state index in [1.54, 1.807) is 4.90 Å². The standard InChI is InChI=1S/C11H18N2O2/c1-8(2)10(6-12)11(15)13-5-3-4-9(13)7-14/h8-10,14H,3-5,7H2,1-2H3/t9-,10?/m1/s1. The number of hydrogen-bond donors (Lipinski definition) is 1. The fourth-order valence-electron chi connectivity index (χ4n) is 1.98. The molecule has 0 spiro atoms. The fourth-order valence-corrected chi connectivity index (χ4v) is 1.98. The number of nitrogens with zero attached hydrogens (tertiary/aromatic N) is 2. The van der Waals surface area contributed by atoms with Crippen molar-refractivity contribution in [3.63, 3.8) is 0 Å². The predicted octanol–water partition coefficient (Wildman–Crippen LogP) is 0.765. The zero-order valence-corrected chi connectivity index (χ0v) is 9.31. The molecule has 0 radical (unpaired) electrons. The number of nitriles is 1. The van der Waals surface area contributed by atoms with Crippen molar-refractivity contribution in [1.82, 2.24) is 4.90 Å². The molecule has 4 heteroatoms. The quantitative estimate of drug-likeness (QED) is 0.748. The van der Waals surface area contributed by atoms with Crippen LogP contribution < -0.4 is 0 Å². The number of carbonyl (C=O) groups is 1. The molecule has 1 aliphatic rings. The van der Waals surface area contributed by atoms with Crippen LogP contribution >= 0.6 is 0 Å². The number of hydrogen-bond acceptors (Lipinski definition) is 3. The molecule has 1 heterocycles. The van der Waals surface area contributed by atoms with E-state index in [4.69, 9.17) is 10.4 Å². The van der Waals surface area contributed by atoms with E-state index in [0.29, 0.717) is 6.54 Å². The van der Waals surface area contributed by atoms with Gasteiger partial charge >= 0.3 is 0 Å². The summed E-state index contributed by atoms with van der Waals surface area (Å²) in [5.74, 6) is -0.663. The molecule has 0 aliphatic carbocycles. The Morgan fingerprint density at radius 3 is 2.80 bits per heavy atom. The van der Waals surface area contributed by atoms with Gasteiger partial charge in [0, 0.05) is 6.54 Å². The zero-order chi connectivity index (χ0) is 11.4. The van der Waals surface area contributed by atoms with Crippen LogP contribution in [0.25, 0.3) is 0 Å². The Morgan fingerprint density at radius 2 is 2.33 bits per heavy atom. The molecular formula is C11H18N2O2. The molecule has 15 heavy (non-hydrogen) atoms. The number of likely N-dealkylation sites (tertiary alicyclic amines) is 1. The third-order valence-corrected chi connectivity index (χ3v) is 2.94. The molecule has 2 atom stereocenters. The van der Waals surface area contributed by atoms with Crippen LogP contribution in [0.15, 0.2) is 0 Å². The average Bonchev–Trinajstić information content (AvgIpc) is 2.65. The van der Waals surface area contributed by atoms with Gasteiger partial charge in [-0.2, -0.15) is 5.26 Å². The zero-order valence-electron chi connectivity index (χ0n) is 9.31. The summed E-state index contributed by atoms with van der Waals surface area (Å²) >= 11 is 0. The van der Waals surface area contributed by atoms with E-state index in [1.807, 2.05) is 19.9 Å². The van der Waals surface area contributed by atoms with Crippen molar-refractivity contribution in [3.05, 3.63) is 0 Å². The molecule has 0 aromatic heterocycles. The lowest BCUT2D eigenvalue weighted by Gasteiger charge is -2.26. The second kappa shape index (κ2) is 5.13. The summed E-state index contributed by atoms with van der Waals surface area (Å²) in [7, 11) is 0. The van der Waals surface area contributed by atoms with Gasteiger partial charge < -0.3 is 10.0 Å². The number of rotatable bonds is 3. The maximum absolute atomic E-state index is 12.0. The molecule has 1 aliphatic heterocycles. The van der Waals surface area contributed by atoms with Crippen molar-refractivity contribution in [2.24, 2.45) is 11.8 Å². The SMILES string of the molecule is CC(C)C(C#N)C(=O)N1CCC[C@@H]1CO. The molecule has 1 rings (SSSR count). The van der Waals surface area contributed by atoms with Crippen LogP contribution in [0.5, 0.6) is 0 Å². The van der Waals surface area contributed by atoms with Crippen LogP contribution in [0.1, 0.15) is 26.7 Å². The molecule has 0 aromatic carbocycles. The van der Waals surface area contributed by atoms with Gasteiger partial charge in [0.15, 0.2) is 0 Å². The average molecular weight is 210 g/mol. The van der Waals surface area contributed by atoms with Crippen LogP contribution in [0.3, 0.4) is 0 Å². The minimum atomic E-state index is -0.572. The Bertz CT molecular complexity index is 270. The van der Waals surface area contributed by atoms with Gasteiger partial charge in [-0.25, -0.2) is 0 Å². The summed E-state index contributed by atoms with van der Waals surface area (Å²) in [4.78, 5) is 13.6. The van der Waals surface area contributed by atoms with Crippen molar-refractivity contribution in [1.29, 1.82) is 5.26 Å². The number of aliphatic hydroxyl groups excluding tert-OH is 1. The Labute approximate surface area is 90.5 Å². The van der Waals surface area contributed by atoms with Crippen molar-refractivity contribution in [2.75, 3.05) is 13.2 Å². The molecule has 0 bridgehead atoms. The molecule has 1 N–H and O–H groups in total. The highest BCUT2D eigenvalue weighted by atomic mass is 16.3. The smallest absolute Gasteiger partial charge is 0.240 e. The first kappa shape index (κ1) is 12.0. The van der Waals surface area contributed by atoms with Gasteiger partial charge in [0.2, 0.25) is 5.91 Å². The monoisotopic (exact) mass is 210 g/mol. The Balaban J connectivity index is 2.71. The highest BCUT2D eigenvalue weighted by Gasteiger charge is 2.33. The van der Waals surface area contributed by atoms with E-state index in [1.165, 1.54) is 0 Å². The molecule has 1 saturated heterocycles. The van der Waals surface area contributed by atoms with Crippen LogP contribution in [-0.4, -0.2) is 35.1 Å². The molecule has 1 fully saturated rings. The predicted molar refractivity (Wildman–Crippen MR) is 55.8 cm³/mol. The van der Waals surface area contributed by atoms with Crippen molar-refractivity contribution in [3.8, 4) is 6.07 Å². The minimum Gasteiger partial charge on any atom is -0.394 e. The Hall–Kier alpha value is -1.08. The van der Waals surface area contributed by atoms with Crippen LogP contribution in [0.4, 0.5) is 0 Å². The van der Waals surface area contributed by atoms with Gasteiger partial charge in [0.1, 0.15) is 5.92 Å². The van der Waals surface area contributed by atoms with Crippen LogP contribution in [0.2, 0.25) is 0 Å². The van der Waals surface area contributed by atoms with Gasteiger partial charge in [0.05, 0.1) is 18.7 Å². The second-order valence-corrected chi connectivity index (χ2v) is 4.36. The molecule has 0 aromatic rings. The highest BCUT2D eigenvalue weighted by Crippen LogP contribution is 2.22. The van der Waals surface area contributed by atoms with Gasteiger partial charge in [-0.15, -0.1) is 0 Å². The fraction of sp³-hybridized carbons (Fsp3) is 0.818. The highest BCUT2D eigenvalue weighted by molar-refractivity contribution is 5.82. The number of amides is 1. The maximum atomic E-state index is 12.0. The molecule has 0 saturated carbocycles. The summed E-state index contributed by atoms with van der Waals surface area (Å²) in [6.45, 7) is 4.42.